The van der Waals surface area contributed by atoms with Gasteiger partial charge < -0.3 is 19.6 Å². The number of carbonyl (C=O) groups is 2. The highest BCUT2D eigenvalue weighted by molar-refractivity contribution is 6.46. The van der Waals surface area contributed by atoms with Gasteiger partial charge in [-0.05, 0) is 67.7 Å². The topological polar surface area (TPSA) is 70.1 Å². The number of benzene rings is 2. The zero-order valence-electron chi connectivity index (χ0n) is 21.8. The molecule has 0 aromatic heterocycles. The van der Waals surface area contributed by atoms with Gasteiger partial charge in [0.05, 0.1) is 18.2 Å². The second-order valence-corrected chi connectivity index (χ2v) is 9.25. The van der Waals surface area contributed by atoms with E-state index in [-0.39, 0.29) is 11.3 Å². The van der Waals surface area contributed by atoms with Crippen molar-refractivity contribution in [2.24, 2.45) is 0 Å². The molecule has 0 unspecified atom stereocenters. The Morgan fingerprint density at radius 3 is 2.26 bits per heavy atom. The monoisotopic (exact) mass is 478 g/mol. The molecule has 2 aromatic carbocycles. The fourth-order valence-electron chi connectivity index (χ4n) is 4.58. The van der Waals surface area contributed by atoms with Crippen molar-refractivity contribution < 1.29 is 19.4 Å². The third-order valence-electron chi connectivity index (χ3n) is 6.76. The van der Waals surface area contributed by atoms with E-state index in [2.05, 4.69) is 32.6 Å². The van der Waals surface area contributed by atoms with Gasteiger partial charge in [0.25, 0.3) is 11.7 Å². The van der Waals surface area contributed by atoms with Crippen molar-refractivity contribution in [1.29, 1.82) is 0 Å². The van der Waals surface area contributed by atoms with E-state index in [4.69, 9.17) is 4.74 Å². The number of aryl methyl sites for hydroxylation is 1. The Hall–Kier alpha value is -3.12. The van der Waals surface area contributed by atoms with Crippen LogP contribution in [0.3, 0.4) is 0 Å². The van der Waals surface area contributed by atoms with Crippen LogP contribution in [0.4, 0.5) is 0 Å². The summed E-state index contributed by atoms with van der Waals surface area (Å²) in [6, 6.07) is 12.7. The third kappa shape index (κ3) is 5.59. The molecular weight excluding hydrogens is 440 g/mol. The van der Waals surface area contributed by atoms with E-state index >= 15 is 0 Å². The zero-order chi connectivity index (χ0) is 25.7. The maximum absolute atomic E-state index is 13.3. The fraction of sp³-hybridized carbons (Fsp3) is 0.448. The van der Waals surface area contributed by atoms with Crippen LogP contribution in [0.15, 0.2) is 48.0 Å². The summed E-state index contributed by atoms with van der Waals surface area (Å²) in [6.45, 7) is 15.5. The number of rotatable bonds is 10. The van der Waals surface area contributed by atoms with Gasteiger partial charge in [0.15, 0.2) is 0 Å². The van der Waals surface area contributed by atoms with Crippen molar-refractivity contribution >= 4 is 17.4 Å². The smallest absolute Gasteiger partial charge is 0.295 e. The number of hydrogen-bond acceptors (Lipinski definition) is 5. The lowest BCUT2D eigenvalue weighted by molar-refractivity contribution is -0.140. The molecule has 0 radical (unpaired) electrons. The van der Waals surface area contributed by atoms with Crippen LogP contribution in [-0.2, 0) is 9.59 Å². The highest BCUT2D eigenvalue weighted by atomic mass is 16.5. The van der Waals surface area contributed by atoms with Crippen LogP contribution in [0.5, 0.6) is 5.75 Å². The van der Waals surface area contributed by atoms with Crippen LogP contribution in [-0.4, -0.2) is 59.4 Å². The van der Waals surface area contributed by atoms with E-state index in [1.54, 1.807) is 23.1 Å². The summed E-state index contributed by atoms with van der Waals surface area (Å²) in [5.74, 6) is -0.280. The molecule has 0 aliphatic carbocycles. The van der Waals surface area contributed by atoms with Gasteiger partial charge in [0, 0.05) is 18.7 Å². The SMILES string of the molecule is CCOc1ccc(C(O)=C2C(=O)C(=O)N(CCN(CC)CC)[C@H]2c2ccc(C(C)C)cc2)cc1C. The fourth-order valence-corrected chi connectivity index (χ4v) is 4.58. The molecule has 35 heavy (non-hydrogen) atoms. The number of nitrogens with zero attached hydrogens (tertiary/aromatic N) is 2. The molecule has 6 heteroatoms. The zero-order valence-corrected chi connectivity index (χ0v) is 21.8. The van der Waals surface area contributed by atoms with Gasteiger partial charge >= 0.3 is 0 Å². The number of aliphatic hydroxyl groups is 1. The molecule has 2 aromatic rings. The van der Waals surface area contributed by atoms with E-state index < -0.39 is 17.7 Å². The lowest BCUT2D eigenvalue weighted by atomic mass is 9.93. The molecule has 1 aliphatic heterocycles. The number of likely N-dealkylation sites (N-methyl/N-ethyl adjacent to an activating group) is 1. The standard InChI is InChI=1S/C29H38N2O4/c1-7-30(8-2)16-17-31-26(22-12-10-21(11-13-22)19(4)5)25(28(33)29(31)34)27(32)23-14-15-24(35-9-3)20(6)18-23/h10-15,18-19,26,32H,7-9,16-17H2,1-6H3/t26-/m0/s1. The molecule has 3 rings (SSSR count). The van der Waals surface area contributed by atoms with Crippen LogP contribution < -0.4 is 4.74 Å². The molecule has 0 saturated carbocycles. The lowest BCUT2D eigenvalue weighted by Gasteiger charge is -2.28. The Morgan fingerprint density at radius 2 is 1.71 bits per heavy atom. The second kappa shape index (κ2) is 11.5. The Labute approximate surface area is 209 Å². The largest absolute Gasteiger partial charge is 0.507 e. The minimum atomic E-state index is -0.647. The van der Waals surface area contributed by atoms with Gasteiger partial charge in [-0.1, -0.05) is 52.0 Å². The highest BCUT2D eigenvalue weighted by Crippen LogP contribution is 2.40. The van der Waals surface area contributed by atoms with Crippen LogP contribution in [0, 0.1) is 6.92 Å². The molecular formula is C29H38N2O4. The Morgan fingerprint density at radius 1 is 1.06 bits per heavy atom. The summed E-state index contributed by atoms with van der Waals surface area (Å²) < 4.78 is 5.62. The molecule has 1 saturated heterocycles. The predicted octanol–water partition coefficient (Wildman–Crippen LogP) is 5.28. The van der Waals surface area contributed by atoms with E-state index in [1.807, 2.05) is 38.1 Å². The van der Waals surface area contributed by atoms with Gasteiger partial charge in [0.1, 0.15) is 11.5 Å². The summed E-state index contributed by atoms with van der Waals surface area (Å²) in [5, 5.41) is 11.3. The van der Waals surface area contributed by atoms with Crippen LogP contribution in [0.25, 0.3) is 5.76 Å². The minimum Gasteiger partial charge on any atom is -0.507 e. The predicted molar refractivity (Wildman–Crippen MR) is 140 cm³/mol. The highest BCUT2D eigenvalue weighted by Gasteiger charge is 2.46. The van der Waals surface area contributed by atoms with Crippen LogP contribution >= 0.6 is 0 Å². The summed E-state index contributed by atoms with van der Waals surface area (Å²) >= 11 is 0. The number of likely N-dealkylation sites (tertiary alicyclic amines) is 1. The number of amides is 1. The number of hydrogen-bond donors (Lipinski definition) is 1. The van der Waals surface area contributed by atoms with E-state index in [1.165, 1.54) is 5.56 Å². The molecule has 1 amide bonds. The van der Waals surface area contributed by atoms with Crippen molar-refractivity contribution in [2.45, 2.75) is 53.5 Å². The van der Waals surface area contributed by atoms with Crippen molar-refractivity contribution in [2.75, 3.05) is 32.8 Å². The molecule has 1 atom stereocenters. The van der Waals surface area contributed by atoms with E-state index in [9.17, 15) is 14.7 Å². The van der Waals surface area contributed by atoms with Crippen LogP contribution in [0.1, 0.15) is 68.8 Å². The Kier molecular flexibility index (Phi) is 8.73. The summed E-state index contributed by atoms with van der Waals surface area (Å²) in [5.41, 5.74) is 3.48. The first-order valence-electron chi connectivity index (χ1n) is 12.6. The van der Waals surface area contributed by atoms with Crippen molar-refractivity contribution in [3.63, 3.8) is 0 Å². The van der Waals surface area contributed by atoms with Crippen molar-refractivity contribution in [3.8, 4) is 5.75 Å². The van der Waals surface area contributed by atoms with Crippen molar-refractivity contribution in [3.05, 3.63) is 70.3 Å². The first-order valence-corrected chi connectivity index (χ1v) is 12.6. The maximum Gasteiger partial charge on any atom is 0.295 e. The maximum atomic E-state index is 13.3. The quantitative estimate of drug-likeness (QED) is 0.286. The summed E-state index contributed by atoms with van der Waals surface area (Å²) in [7, 11) is 0. The van der Waals surface area contributed by atoms with Gasteiger partial charge in [-0.25, -0.2) is 0 Å². The van der Waals surface area contributed by atoms with Gasteiger partial charge in [-0.3, -0.25) is 9.59 Å². The average molecular weight is 479 g/mol. The lowest BCUT2D eigenvalue weighted by Crippen LogP contribution is -2.38. The van der Waals surface area contributed by atoms with E-state index in [0.717, 1.165) is 30.0 Å². The molecule has 1 N–H and O–H groups in total. The normalized spacial score (nSPS) is 17.6. The number of ether oxygens (including phenoxy) is 1. The Bertz CT molecular complexity index is 1080. The number of ketones is 1. The summed E-state index contributed by atoms with van der Waals surface area (Å²) in [4.78, 5) is 30.3. The number of Topliss-reactive ketones (excluding diaryl/α,β-unsaturated/α-hetero) is 1. The molecule has 1 heterocycles. The molecule has 0 bridgehead atoms. The first kappa shape index (κ1) is 26.5. The summed E-state index contributed by atoms with van der Waals surface area (Å²) in [6.07, 6.45) is 0. The minimum absolute atomic E-state index is 0.135. The Balaban J connectivity index is 2.10. The third-order valence-corrected chi connectivity index (χ3v) is 6.76. The molecule has 6 nitrogen and oxygen atoms in total. The van der Waals surface area contributed by atoms with Gasteiger partial charge in [-0.15, -0.1) is 0 Å². The van der Waals surface area contributed by atoms with Crippen LogP contribution in [0.2, 0.25) is 0 Å². The number of carbonyl (C=O) groups excluding carboxylic acids is 2. The van der Waals surface area contributed by atoms with Crippen molar-refractivity contribution in [1.82, 2.24) is 9.80 Å². The average Bonchev–Trinajstić information content (AvgIpc) is 3.10. The molecule has 0 spiro atoms. The molecule has 1 fully saturated rings. The second-order valence-electron chi connectivity index (χ2n) is 9.25. The van der Waals surface area contributed by atoms with Gasteiger partial charge in [0.2, 0.25) is 0 Å². The first-order chi connectivity index (χ1) is 16.7. The van der Waals surface area contributed by atoms with Gasteiger partial charge in [-0.2, -0.15) is 0 Å². The molecule has 1 aliphatic rings. The molecule has 188 valence electrons. The number of aliphatic hydroxyl groups excluding tert-OH is 1. The van der Waals surface area contributed by atoms with E-state index in [0.29, 0.717) is 31.2 Å².